The summed E-state index contributed by atoms with van der Waals surface area (Å²) < 4.78 is 28.0. The summed E-state index contributed by atoms with van der Waals surface area (Å²) in [7, 11) is -3.62. The minimum atomic E-state index is -3.62. The van der Waals surface area contributed by atoms with Crippen molar-refractivity contribution in [1.82, 2.24) is 24.7 Å². The minimum Gasteiger partial charge on any atom is -0.315 e. The van der Waals surface area contributed by atoms with Gasteiger partial charge in [0.2, 0.25) is 0 Å². The van der Waals surface area contributed by atoms with Crippen molar-refractivity contribution in [3.05, 3.63) is 27.8 Å². The maximum atomic E-state index is 11.9. The third kappa shape index (κ3) is 3.49. The molecule has 2 aromatic rings. The minimum absolute atomic E-state index is 0.0401. The van der Waals surface area contributed by atoms with Crippen molar-refractivity contribution >= 4 is 21.4 Å². The number of aromatic amines is 1. The summed E-state index contributed by atoms with van der Waals surface area (Å²) in [4.78, 5) is 13.2. The normalized spacial score (nSPS) is 11.8. The maximum absolute atomic E-state index is 11.9. The van der Waals surface area contributed by atoms with Gasteiger partial charge in [-0.05, 0) is 13.3 Å². The van der Waals surface area contributed by atoms with Crippen LogP contribution in [-0.4, -0.2) is 34.9 Å². The molecule has 104 valence electrons. The molecule has 0 spiro atoms. The molecule has 2 rings (SSSR count). The van der Waals surface area contributed by atoms with Gasteiger partial charge in [-0.25, -0.2) is 13.1 Å². The number of hydrogen-bond donors (Lipinski definition) is 2. The van der Waals surface area contributed by atoms with E-state index >= 15 is 0 Å². The fourth-order valence-corrected chi connectivity index (χ4v) is 3.93. The molecule has 0 unspecified atom stereocenters. The molecule has 0 aliphatic carbocycles. The first-order chi connectivity index (χ1) is 8.99. The van der Waals surface area contributed by atoms with Gasteiger partial charge in [-0.1, -0.05) is 16.6 Å². The van der Waals surface area contributed by atoms with Crippen molar-refractivity contribution in [2.75, 3.05) is 6.54 Å². The number of nitrogens with zero attached hydrogens (tertiary/aromatic N) is 3. The molecule has 19 heavy (non-hydrogen) atoms. The van der Waals surface area contributed by atoms with E-state index in [0.717, 1.165) is 0 Å². The van der Waals surface area contributed by atoms with Crippen LogP contribution < -0.4 is 9.60 Å². The number of H-pyrrole nitrogens is 1. The molecule has 10 heteroatoms. The van der Waals surface area contributed by atoms with Gasteiger partial charge in [0.25, 0.3) is 10.0 Å². The molecule has 0 atom stereocenters. The standard InChI is InChI=1S/C9H13N5O3S2/c1-7-8(18-9(15)12-7)19(16,17)11-3-2-5-14-6-4-10-13-14/h4,6,11H,2-3,5H2,1H3,(H,12,15). The summed E-state index contributed by atoms with van der Waals surface area (Å²) in [5.41, 5.74) is 0.360. The first-order valence-corrected chi connectivity index (χ1v) is 7.82. The lowest BCUT2D eigenvalue weighted by atomic mass is 10.4. The van der Waals surface area contributed by atoms with Crippen LogP contribution in [0.3, 0.4) is 0 Å². The molecule has 8 nitrogen and oxygen atoms in total. The third-order valence-electron chi connectivity index (χ3n) is 2.35. The van der Waals surface area contributed by atoms with Crippen molar-refractivity contribution in [2.45, 2.75) is 24.1 Å². The largest absolute Gasteiger partial charge is 0.315 e. The Morgan fingerprint density at radius 3 is 2.89 bits per heavy atom. The second-order valence-electron chi connectivity index (χ2n) is 3.84. The summed E-state index contributed by atoms with van der Waals surface area (Å²) in [6.07, 6.45) is 3.85. The van der Waals surface area contributed by atoms with Crippen molar-refractivity contribution in [3.8, 4) is 0 Å². The van der Waals surface area contributed by atoms with Gasteiger partial charge < -0.3 is 4.98 Å². The van der Waals surface area contributed by atoms with Gasteiger partial charge in [0.05, 0.1) is 6.20 Å². The van der Waals surface area contributed by atoms with E-state index in [0.29, 0.717) is 30.0 Å². The number of rotatable bonds is 6. The number of hydrogen-bond acceptors (Lipinski definition) is 6. The van der Waals surface area contributed by atoms with Gasteiger partial charge in [-0.15, -0.1) is 5.10 Å². The van der Waals surface area contributed by atoms with E-state index in [2.05, 4.69) is 20.0 Å². The lowest BCUT2D eigenvalue weighted by molar-refractivity contribution is 0.543. The predicted octanol–water partition coefficient (Wildman–Crippen LogP) is -0.295. The third-order valence-corrected chi connectivity index (χ3v) is 5.42. The smallest absolute Gasteiger partial charge is 0.305 e. The number of aromatic nitrogens is 4. The van der Waals surface area contributed by atoms with E-state index in [1.807, 2.05) is 0 Å². The van der Waals surface area contributed by atoms with Crippen molar-refractivity contribution < 1.29 is 8.42 Å². The quantitative estimate of drug-likeness (QED) is 0.712. The van der Waals surface area contributed by atoms with Crippen molar-refractivity contribution in [3.63, 3.8) is 0 Å². The predicted molar refractivity (Wildman–Crippen MR) is 69.5 cm³/mol. The number of aryl methyl sites for hydroxylation is 2. The van der Waals surface area contributed by atoms with Gasteiger partial charge in [0, 0.05) is 25.0 Å². The summed E-state index contributed by atoms with van der Waals surface area (Å²) in [6.45, 7) is 2.40. The van der Waals surface area contributed by atoms with Gasteiger partial charge in [-0.3, -0.25) is 9.48 Å². The second-order valence-corrected chi connectivity index (χ2v) is 6.79. The SMILES string of the molecule is Cc1[nH]c(=O)sc1S(=O)(=O)NCCCn1ccnn1. The fourth-order valence-electron chi connectivity index (χ4n) is 1.51. The number of nitrogens with one attached hydrogen (secondary N) is 2. The first-order valence-electron chi connectivity index (χ1n) is 5.52. The second kappa shape index (κ2) is 5.63. The van der Waals surface area contributed by atoms with Crippen molar-refractivity contribution in [2.24, 2.45) is 0 Å². The van der Waals surface area contributed by atoms with Crippen LogP contribution in [0.1, 0.15) is 12.1 Å². The summed E-state index contributed by atoms with van der Waals surface area (Å²) in [5, 5.41) is 7.42. The molecule has 0 fully saturated rings. The Morgan fingerprint density at radius 2 is 2.32 bits per heavy atom. The van der Waals surface area contributed by atoms with E-state index in [4.69, 9.17) is 0 Å². The molecule has 0 bridgehead atoms. The topological polar surface area (TPSA) is 110 Å². The molecule has 0 saturated heterocycles. The zero-order valence-electron chi connectivity index (χ0n) is 10.2. The molecule has 0 radical (unpaired) electrons. The monoisotopic (exact) mass is 303 g/mol. The summed E-state index contributed by atoms with van der Waals surface area (Å²) in [6, 6.07) is 0. The molecule has 2 aromatic heterocycles. The zero-order chi connectivity index (χ0) is 13.9. The van der Waals surface area contributed by atoms with Crippen LogP contribution in [0.5, 0.6) is 0 Å². The number of thiazole rings is 1. The van der Waals surface area contributed by atoms with Gasteiger partial charge in [0.15, 0.2) is 4.21 Å². The highest BCUT2D eigenvalue weighted by Crippen LogP contribution is 2.15. The lowest BCUT2D eigenvalue weighted by Crippen LogP contribution is -2.25. The highest BCUT2D eigenvalue weighted by molar-refractivity contribution is 7.91. The Labute approximate surface area is 113 Å². The van der Waals surface area contributed by atoms with Gasteiger partial charge >= 0.3 is 4.87 Å². The Balaban J connectivity index is 1.91. The molecule has 0 saturated carbocycles. The summed E-state index contributed by atoms with van der Waals surface area (Å²) >= 11 is 0.688. The molecular weight excluding hydrogens is 290 g/mol. The van der Waals surface area contributed by atoms with Crippen LogP contribution in [0, 0.1) is 6.92 Å². The first kappa shape index (κ1) is 13.9. The maximum Gasteiger partial charge on any atom is 0.305 e. The van der Waals surface area contributed by atoms with E-state index in [1.54, 1.807) is 24.0 Å². The van der Waals surface area contributed by atoms with Crippen LogP contribution in [0.25, 0.3) is 0 Å². The highest BCUT2D eigenvalue weighted by Gasteiger charge is 2.19. The van der Waals surface area contributed by atoms with Crippen LogP contribution >= 0.6 is 11.3 Å². The Bertz CT molecular complexity index is 686. The van der Waals surface area contributed by atoms with Crippen LogP contribution in [-0.2, 0) is 16.6 Å². The molecule has 0 amide bonds. The molecule has 0 aliphatic rings. The highest BCUT2D eigenvalue weighted by atomic mass is 32.2. The van der Waals surface area contributed by atoms with E-state index in [9.17, 15) is 13.2 Å². The van der Waals surface area contributed by atoms with Crippen molar-refractivity contribution in [1.29, 1.82) is 0 Å². The van der Waals surface area contributed by atoms with E-state index in [-0.39, 0.29) is 15.6 Å². The van der Waals surface area contributed by atoms with E-state index in [1.165, 1.54) is 0 Å². The average molecular weight is 303 g/mol. The van der Waals surface area contributed by atoms with E-state index < -0.39 is 10.0 Å². The fraction of sp³-hybridized carbons (Fsp3) is 0.444. The summed E-state index contributed by atoms with van der Waals surface area (Å²) in [5.74, 6) is 0. The van der Waals surface area contributed by atoms with Crippen LogP contribution in [0.2, 0.25) is 0 Å². The molecule has 0 aliphatic heterocycles. The molecule has 0 aromatic carbocycles. The van der Waals surface area contributed by atoms with Gasteiger partial charge in [0.1, 0.15) is 0 Å². The van der Waals surface area contributed by atoms with Gasteiger partial charge in [-0.2, -0.15) is 0 Å². The van der Waals surface area contributed by atoms with Crippen LogP contribution in [0.4, 0.5) is 0 Å². The Kier molecular flexibility index (Phi) is 4.12. The molecule has 2 heterocycles. The lowest BCUT2D eigenvalue weighted by Gasteiger charge is -2.05. The average Bonchev–Trinajstić information content (AvgIpc) is 2.94. The number of sulfonamides is 1. The molecule has 2 N–H and O–H groups in total. The Morgan fingerprint density at radius 1 is 1.53 bits per heavy atom. The Hall–Kier alpha value is -1.52. The van der Waals surface area contributed by atoms with Crippen LogP contribution in [0.15, 0.2) is 21.4 Å². The molecular formula is C9H13N5O3S2. The zero-order valence-corrected chi connectivity index (χ0v) is 11.8.